The van der Waals surface area contributed by atoms with Crippen LogP contribution in [-0.4, -0.2) is 51.4 Å². The van der Waals surface area contributed by atoms with Gasteiger partial charge in [0.05, 0.1) is 16.6 Å². The number of aryl methyl sites for hydroxylation is 1. The second-order valence-electron chi connectivity index (χ2n) is 5.98. The topological polar surface area (TPSA) is 41.4 Å². The van der Waals surface area contributed by atoms with Gasteiger partial charge in [0, 0.05) is 45.6 Å². The number of nitrogens with zero attached hydrogens (tertiary/aromatic N) is 4. The van der Waals surface area contributed by atoms with Crippen LogP contribution in [0.5, 0.6) is 0 Å². The molecule has 0 spiro atoms. The van der Waals surface area contributed by atoms with Crippen molar-refractivity contribution in [1.29, 1.82) is 0 Å². The van der Waals surface area contributed by atoms with Gasteiger partial charge in [0.25, 0.3) is 5.91 Å². The zero-order valence-corrected chi connectivity index (χ0v) is 15.2. The van der Waals surface area contributed by atoms with Crippen LogP contribution in [0.25, 0.3) is 0 Å². The van der Waals surface area contributed by atoms with Crippen LogP contribution in [0.2, 0.25) is 0 Å². The van der Waals surface area contributed by atoms with Crippen molar-refractivity contribution < 1.29 is 9.18 Å². The standard InChI is InChI=1S/C17H20BrFN4O/c1-21-9-6-20-15(21)12-22-7-3-8-23(11-10-22)17(24)13-4-2-5-14(18)16(13)19/h2,4-6,9H,3,7-8,10-12H2,1H3. The van der Waals surface area contributed by atoms with E-state index in [9.17, 15) is 9.18 Å². The lowest BCUT2D eigenvalue weighted by molar-refractivity contribution is 0.0756. The predicted octanol–water partition coefficient (Wildman–Crippen LogP) is 2.67. The monoisotopic (exact) mass is 394 g/mol. The van der Waals surface area contributed by atoms with Gasteiger partial charge in [-0.2, -0.15) is 0 Å². The highest BCUT2D eigenvalue weighted by atomic mass is 79.9. The third-order valence-electron chi connectivity index (χ3n) is 4.34. The number of benzene rings is 1. The Morgan fingerprint density at radius 3 is 2.88 bits per heavy atom. The Morgan fingerprint density at radius 2 is 2.12 bits per heavy atom. The normalized spacial score (nSPS) is 16.2. The molecule has 0 atom stereocenters. The average molecular weight is 395 g/mol. The molecule has 2 heterocycles. The Kier molecular flexibility index (Phi) is 5.30. The van der Waals surface area contributed by atoms with Gasteiger partial charge in [-0.25, -0.2) is 9.37 Å². The molecule has 128 valence electrons. The quantitative estimate of drug-likeness (QED) is 0.803. The number of aromatic nitrogens is 2. The van der Waals surface area contributed by atoms with Crippen molar-refractivity contribution in [2.45, 2.75) is 13.0 Å². The molecule has 7 heteroatoms. The molecule has 1 aliphatic rings. The van der Waals surface area contributed by atoms with Crippen molar-refractivity contribution in [3.05, 3.63) is 52.3 Å². The molecule has 24 heavy (non-hydrogen) atoms. The maximum atomic E-state index is 14.2. The number of hydrogen-bond donors (Lipinski definition) is 0. The molecule has 2 aromatic rings. The molecule has 0 saturated carbocycles. The van der Waals surface area contributed by atoms with E-state index in [0.29, 0.717) is 17.6 Å². The Bertz CT molecular complexity index is 733. The van der Waals surface area contributed by atoms with Crippen LogP contribution in [0.1, 0.15) is 22.6 Å². The first kappa shape index (κ1) is 17.1. The summed E-state index contributed by atoms with van der Waals surface area (Å²) in [5.74, 6) is 0.275. The summed E-state index contributed by atoms with van der Waals surface area (Å²) in [6.45, 7) is 3.65. The molecule has 1 amide bonds. The summed E-state index contributed by atoms with van der Waals surface area (Å²) in [7, 11) is 1.98. The van der Waals surface area contributed by atoms with Crippen LogP contribution in [0.4, 0.5) is 4.39 Å². The maximum absolute atomic E-state index is 14.2. The molecule has 1 fully saturated rings. The van der Waals surface area contributed by atoms with Gasteiger partial charge >= 0.3 is 0 Å². The molecular weight excluding hydrogens is 375 g/mol. The summed E-state index contributed by atoms with van der Waals surface area (Å²) in [4.78, 5) is 21.0. The summed E-state index contributed by atoms with van der Waals surface area (Å²) < 4.78 is 16.5. The highest BCUT2D eigenvalue weighted by Gasteiger charge is 2.23. The lowest BCUT2D eigenvalue weighted by Gasteiger charge is -2.22. The molecule has 0 radical (unpaired) electrons. The first-order valence-corrected chi connectivity index (χ1v) is 8.77. The van der Waals surface area contributed by atoms with E-state index in [2.05, 4.69) is 25.8 Å². The van der Waals surface area contributed by atoms with Gasteiger partial charge in [-0.05, 0) is 34.5 Å². The Hall–Kier alpha value is -1.73. The maximum Gasteiger partial charge on any atom is 0.256 e. The summed E-state index contributed by atoms with van der Waals surface area (Å²) in [5.41, 5.74) is 0.127. The van der Waals surface area contributed by atoms with Crippen LogP contribution >= 0.6 is 15.9 Å². The van der Waals surface area contributed by atoms with Gasteiger partial charge < -0.3 is 9.47 Å². The van der Waals surface area contributed by atoms with Crippen molar-refractivity contribution in [2.24, 2.45) is 7.05 Å². The van der Waals surface area contributed by atoms with Gasteiger partial charge in [-0.15, -0.1) is 0 Å². The fourth-order valence-electron chi connectivity index (χ4n) is 2.92. The van der Waals surface area contributed by atoms with E-state index >= 15 is 0 Å². The zero-order chi connectivity index (χ0) is 17.1. The molecule has 0 unspecified atom stereocenters. The Balaban J connectivity index is 1.66. The minimum absolute atomic E-state index is 0.127. The van der Waals surface area contributed by atoms with Crippen LogP contribution in [0.15, 0.2) is 35.1 Å². The molecular formula is C17H20BrFN4O. The van der Waals surface area contributed by atoms with Crippen LogP contribution in [0.3, 0.4) is 0 Å². The lowest BCUT2D eigenvalue weighted by Crippen LogP contribution is -2.35. The number of hydrogen-bond acceptors (Lipinski definition) is 3. The van der Waals surface area contributed by atoms with Gasteiger partial charge in [-0.1, -0.05) is 6.07 Å². The number of rotatable bonds is 3. The minimum atomic E-state index is -0.489. The smallest absolute Gasteiger partial charge is 0.256 e. The second-order valence-corrected chi connectivity index (χ2v) is 6.83. The average Bonchev–Trinajstić information content (AvgIpc) is 2.83. The summed E-state index contributed by atoms with van der Waals surface area (Å²) in [5, 5.41) is 0. The van der Waals surface area contributed by atoms with Crippen LogP contribution < -0.4 is 0 Å². The number of amides is 1. The van der Waals surface area contributed by atoms with E-state index < -0.39 is 5.82 Å². The highest BCUT2D eigenvalue weighted by Crippen LogP contribution is 2.20. The van der Waals surface area contributed by atoms with Gasteiger partial charge in [0.15, 0.2) is 0 Å². The van der Waals surface area contributed by atoms with Crippen molar-refractivity contribution in [2.75, 3.05) is 26.2 Å². The molecule has 1 saturated heterocycles. The molecule has 1 aromatic carbocycles. The number of imidazole rings is 1. The van der Waals surface area contributed by atoms with Gasteiger partial charge in [-0.3, -0.25) is 9.69 Å². The van der Waals surface area contributed by atoms with E-state index in [4.69, 9.17) is 0 Å². The van der Waals surface area contributed by atoms with E-state index in [1.165, 1.54) is 0 Å². The lowest BCUT2D eigenvalue weighted by atomic mass is 10.2. The number of halogens is 2. The first-order valence-electron chi connectivity index (χ1n) is 7.98. The predicted molar refractivity (Wildman–Crippen MR) is 93.1 cm³/mol. The van der Waals surface area contributed by atoms with Crippen LogP contribution in [0, 0.1) is 5.82 Å². The van der Waals surface area contributed by atoms with Crippen molar-refractivity contribution in [3.63, 3.8) is 0 Å². The largest absolute Gasteiger partial charge is 0.337 e. The third-order valence-corrected chi connectivity index (χ3v) is 4.96. The first-order chi connectivity index (χ1) is 11.6. The highest BCUT2D eigenvalue weighted by molar-refractivity contribution is 9.10. The molecule has 5 nitrogen and oxygen atoms in total. The Morgan fingerprint density at radius 1 is 1.29 bits per heavy atom. The molecule has 0 N–H and O–H groups in total. The van der Waals surface area contributed by atoms with Gasteiger partial charge in [0.1, 0.15) is 11.6 Å². The summed E-state index contributed by atoms with van der Waals surface area (Å²) in [6.07, 6.45) is 4.59. The van der Waals surface area contributed by atoms with Gasteiger partial charge in [0.2, 0.25) is 0 Å². The fourth-order valence-corrected chi connectivity index (χ4v) is 3.29. The van der Waals surface area contributed by atoms with Crippen LogP contribution in [-0.2, 0) is 13.6 Å². The molecule has 0 bridgehead atoms. The molecule has 1 aliphatic heterocycles. The zero-order valence-electron chi connectivity index (χ0n) is 13.6. The van der Waals surface area contributed by atoms with Crippen molar-refractivity contribution in [1.82, 2.24) is 19.4 Å². The van der Waals surface area contributed by atoms with E-state index in [1.54, 1.807) is 29.3 Å². The second kappa shape index (κ2) is 7.44. The number of carbonyl (C=O) groups is 1. The third kappa shape index (κ3) is 3.67. The molecule has 0 aliphatic carbocycles. The van der Waals surface area contributed by atoms with E-state index in [-0.39, 0.29) is 11.5 Å². The SMILES string of the molecule is Cn1ccnc1CN1CCCN(C(=O)c2cccc(Br)c2F)CC1. The Labute approximate surface area is 149 Å². The van der Waals surface area contributed by atoms with E-state index in [1.807, 2.05) is 17.8 Å². The molecule has 1 aromatic heterocycles. The number of carbonyl (C=O) groups excluding carboxylic acids is 1. The van der Waals surface area contributed by atoms with E-state index in [0.717, 1.165) is 31.9 Å². The minimum Gasteiger partial charge on any atom is -0.337 e. The van der Waals surface area contributed by atoms with Crippen molar-refractivity contribution in [3.8, 4) is 0 Å². The summed E-state index contributed by atoms with van der Waals surface area (Å²) in [6, 6.07) is 4.83. The van der Waals surface area contributed by atoms with Crippen molar-refractivity contribution >= 4 is 21.8 Å². The molecule has 3 rings (SSSR count). The summed E-state index contributed by atoms with van der Waals surface area (Å²) >= 11 is 3.14. The fraction of sp³-hybridized carbons (Fsp3) is 0.412.